The molecule has 0 fully saturated rings. The van der Waals surface area contributed by atoms with E-state index in [1.165, 1.54) is 38.5 Å². The van der Waals surface area contributed by atoms with E-state index in [0.29, 0.717) is 11.5 Å². The molecule has 2 aromatic carbocycles. The minimum absolute atomic E-state index is 0.0641. The van der Waals surface area contributed by atoms with E-state index in [4.69, 9.17) is 14.6 Å². The molecular formula is C17H17NO6. The van der Waals surface area contributed by atoms with Gasteiger partial charge in [-0.2, -0.15) is 0 Å². The summed E-state index contributed by atoms with van der Waals surface area (Å²) in [6.45, 7) is 0. The fraction of sp³-hybridized carbons (Fsp3) is 0.176. The van der Waals surface area contributed by atoms with Crippen LogP contribution in [0.1, 0.15) is 22.0 Å². The van der Waals surface area contributed by atoms with Gasteiger partial charge in [-0.25, -0.2) is 4.79 Å². The Kier molecular flexibility index (Phi) is 5.39. The number of carboxylic acid groups (broad SMARTS) is 1. The zero-order valence-corrected chi connectivity index (χ0v) is 13.1. The molecule has 1 atom stereocenters. The third kappa shape index (κ3) is 3.82. The summed E-state index contributed by atoms with van der Waals surface area (Å²) in [5.41, 5.74) is 0.444. The Balaban J connectivity index is 2.38. The van der Waals surface area contributed by atoms with Gasteiger partial charge in [-0.05, 0) is 29.8 Å². The molecule has 0 aliphatic rings. The van der Waals surface area contributed by atoms with Crippen LogP contribution >= 0.6 is 0 Å². The number of carbonyl (C=O) groups is 2. The van der Waals surface area contributed by atoms with Crippen LogP contribution in [0.3, 0.4) is 0 Å². The summed E-state index contributed by atoms with van der Waals surface area (Å²) in [4.78, 5) is 23.4. The van der Waals surface area contributed by atoms with Crippen LogP contribution in [-0.4, -0.2) is 36.3 Å². The van der Waals surface area contributed by atoms with Gasteiger partial charge in [0.2, 0.25) is 0 Å². The smallest absolute Gasteiger partial charge is 0.409 e. The lowest BCUT2D eigenvalue weighted by molar-refractivity contribution is 0.0748. The number of benzene rings is 2. The van der Waals surface area contributed by atoms with Crippen molar-refractivity contribution >= 4 is 17.6 Å². The van der Waals surface area contributed by atoms with Crippen LogP contribution < -0.4 is 14.8 Å². The Labute approximate surface area is 138 Å². The number of Topliss-reactive ketones (excluding diaryl/α,β-unsaturated/α-hetero) is 1. The monoisotopic (exact) mass is 331 g/mol. The number of hydrogen-bond acceptors (Lipinski definition) is 5. The summed E-state index contributed by atoms with van der Waals surface area (Å²) >= 11 is 0. The van der Waals surface area contributed by atoms with Crippen LogP contribution in [0.25, 0.3) is 0 Å². The number of para-hydroxylation sites is 1. The number of hydrogen-bond donors (Lipinski definition) is 3. The highest BCUT2D eigenvalue weighted by Crippen LogP contribution is 2.29. The summed E-state index contributed by atoms with van der Waals surface area (Å²) in [6.07, 6.45) is -2.79. The molecule has 0 saturated heterocycles. The lowest BCUT2D eigenvalue weighted by Crippen LogP contribution is -2.17. The average molecular weight is 331 g/mol. The summed E-state index contributed by atoms with van der Waals surface area (Å²) in [6, 6.07) is 10.7. The summed E-state index contributed by atoms with van der Waals surface area (Å²) in [5.74, 6) is 0.205. The zero-order valence-electron chi connectivity index (χ0n) is 13.1. The zero-order chi connectivity index (χ0) is 17.7. The number of carbonyl (C=O) groups excluding carboxylic acids is 1. The Morgan fingerprint density at radius 3 is 2.17 bits per heavy atom. The number of ketones is 1. The lowest BCUT2D eigenvalue weighted by atomic mass is 9.98. The first kappa shape index (κ1) is 17.3. The van der Waals surface area contributed by atoms with E-state index in [9.17, 15) is 14.7 Å². The number of amides is 1. The number of methoxy groups -OCH3 is 2. The largest absolute Gasteiger partial charge is 0.497 e. The van der Waals surface area contributed by atoms with Gasteiger partial charge >= 0.3 is 6.09 Å². The molecule has 0 saturated carbocycles. The number of nitrogens with one attached hydrogen (secondary N) is 1. The molecule has 24 heavy (non-hydrogen) atoms. The van der Waals surface area contributed by atoms with Gasteiger partial charge in [0.1, 0.15) is 17.6 Å². The molecule has 0 aromatic heterocycles. The van der Waals surface area contributed by atoms with Crippen molar-refractivity contribution < 1.29 is 29.3 Å². The van der Waals surface area contributed by atoms with Crippen molar-refractivity contribution in [1.82, 2.24) is 0 Å². The molecule has 126 valence electrons. The van der Waals surface area contributed by atoms with Gasteiger partial charge in [0.25, 0.3) is 0 Å². The van der Waals surface area contributed by atoms with Crippen LogP contribution in [0, 0.1) is 0 Å². The highest BCUT2D eigenvalue weighted by atomic mass is 16.5. The third-order valence-electron chi connectivity index (χ3n) is 3.37. The predicted molar refractivity (Wildman–Crippen MR) is 86.9 cm³/mol. The van der Waals surface area contributed by atoms with Crippen LogP contribution in [0.5, 0.6) is 11.5 Å². The molecule has 0 aliphatic carbocycles. The molecule has 3 N–H and O–H groups in total. The van der Waals surface area contributed by atoms with E-state index in [2.05, 4.69) is 5.32 Å². The Morgan fingerprint density at radius 1 is 1.04 bits per heavy atom. The van der Waals surface area contributed by atoms with Crippen LogP contribution in [0.4, 0.5) is 10.5 Å². The third-order valence-corrected chi connectivity index (χ3v) is 3.37. The number of aliphatic hydroxyl groups excluding tert-OH is 1. The van der Waals surface area contributed by atoms with E-state index >= 15 is 0 Å². The molecule has 1 amide bonds. The first-order valence-corrected chi connectivity index (χ1v) is 7.00. The second-order valence-electron chi connectivity index (χ2n) is 4.89. The van der Waals surface area contributed by atoms with Crippen molar-refractivity contribution in [1.29, 1.82) is 0 Å². The highest BCUT2D eigenvalue weighted by Gasteiger charge is 2.23. The molecule has 0 radical (unpaired) electrons. The quantitative estimate of drug-likeness (QED) is 0.703. The molecule has 0 heterocycles. The van der Waals surface area contributed by atoms with Crippen molar-refractivity contribution in [2.45, 2.75) is 6.10 Å². The molecule has 7 nitrogen and oxygen atoms in total. The van der Waals surface area contributed by atoms with Crippen LogP contribution in [0.2, 0.25) is 0 Å². The minimum Gasteiger partial charge on any atom is -0.497 e. The van der Waals surface area contributed by atoms with Crippen molar-refractivity contribution in [2.24, 2.45) is 0 Å². The number of aliphatic hydroxyl groups is 1. The standard InChI is InChI=1S/C17H17NO6/c1-23-11-7-10(8-12(9-11)24-2)15(19)16(20)13-5-3-4-6-14(13)18-17(21)22/h3-9,15,18-19H,1-2H3,(H,21,22). The second-order valence-corrected chi connectivity index (χ2v) is 4.89. The highest BCUT2D eigenvalue weighted by molar-refractivity contribution is 6.06. The van der Waals surface area contributed by atoms with Gasteiger partial charge in [0.15, 0.2) is 5.78 Å². The fourth-order valence-corrected chi connectivity index (χ4v) is 2.21. The van der Waals surface area contributed by atoms with E-state index < -0.39 is 18.0 Å². The van der Waals surface area contributed by atoms with Crippen molar-refractivity contribution in [3.05, 3.63) is 53.6 Å². The molecule has 0 spiro atoms. The molecule has 0 aliphatic heterocycles. The fourth-order valence-electron chi connectivity index (χ4n) is 2.21. The minimum atomic E-state index is -1.49. The van der Waals surface area contributed by atoms with E-state index in [0.717, 1.165) is 0 Å². The lowest BCUT2D eigenvalue weighted by Gasteiger charge is -2.15. The van der Waals surface area contributed by atoms with Crippen LogP contribution in [0.15, 0.2) is 42.5 Å². The first-order valence-electron chi connectivity index (χ1n) is 7.00. The molecular weight excluding hydrogens is 314 g/mol. The van der Waals surface area contributed by atoms with E-state index in [-0.39, 0.29) is 16.8 Å². The van der Waals surface area contributed by atoms with E-state index in [1.807, 2.05) is 0 Å². The van der Waals surface area contributed by atoms with Gasteiger partial charge < -0.3 is 19.7 Å². The molecule has 0 bridgehead atoms. The molecule has 2 aromatic rings. The van der Waals surface area contributed by atoms with Gasteiger partial charge in [-0.1, -0.05) is 12.1 Å². The Hall–Kier alpha value is -3.06. The Morgan fingerprint density at radius 2 is 1.62 bits per heavy atom. The van der Waals surface area contributed by atoms with Gasteiger partial charge in [-0.15, -0.1) is 0 Å². The molecule has 7 heteroatoms. The molecule has 2 rings (SSSR count). The van der Waals surface area contributed by atoms with Crippen molar-refractivity contribution in [3.8, 4) is 11.5 Å². The Bertz CT molecular complexity index is 736. The van der Waals surface area contributed by atoms with Crippen molar-refractivity contribution in [2.75, 3.05) is 19.5 Å². The normalized spacial score (nSPS) is 11.5. The number of rotatable bonds is 6. The maximum Gasteiger partial charge on any atom is 0.409 e. The summed E-state index contributed by atoms with van der Waals surface area (Å²) < 4.78 is 10.2. The average Bonchev–Trinajstić information content (AvgIpc) is 2.59. The first-order chi connectivity index (χ1) is 11.5. The number of ether oxygens (including phenoxy) is 2. The predicted octanol–water partition coefficient (Wildman–Crippen LogP) is 2.71. The summed E-state index contributed by atoms with van der Waals surface area (Å²) in [7, 11) is 2.91. The SMILES string of the molecule is COc1cc(OC)cc(C(O)C(=O)c2ccccc2NC(=O)O)c1. The van der Waals surface area contributed by atoms with Gasteiger partial charge in [0.05, 0.1) is 19.9 Å². The maximum absolute atomic E-state index is 12.6. The van der Waals surface area contributed by atoms with E-state index in [1.54, 1.807) is 18.2 Å². The number of anilines is 1. The maximum atomic E-state index is 12.6. The van der Waals surface area contributed by atoms with Gasteiger partial charge in [0, 0.05) is 11.6 Å². The summed E-state index contributed by atoms with van der Waals surface area (Å²) in [5, 5.41) is 21.4. The molecule has 1 unspecified atom stereocenters. The second kappa shape index (κ2) is 7.47. The topological polar surface area (TPSA) is 105 Å². The van der Waals surface area contributed by atoms with Crippen molar-refractivity contribution in [3.63, 3.8) is 0 Å². The van der Waals surface area contributed by atoms with Crippen LogP contribution in [-0.2, 0) is 0 Å². The van der Waals surface area contributed by atoms with Gasteiger partial charge in [-0.3, -0.25) is 10.1 Å².